The minimum absolute atomic E-state index is 0. The molecule has 0 saturated carbocycles. The fourth-order valence-corrected chi connectivity index (χ4v) is 3.83. The minimum Gasteiger partial charge on any atom is -0.355 e. The Morgan fingerprint density at radius 3 is 2.60 bits per heavy atom. The predicted molar refractivity (Wildman–Crippen MR) is 133 cm³/mol. The van der Waals surface area contributed by atoms with E-state index in [-0.39, 0.29) is 24.0 Å². The number of nitrogens with one attached hydrogen (secondary N) is 2. The van der Waals surface area contributed by atoms with Gasteiger partial charge in [0.05, 0.1) is 0 Å². The summed E-state index contributed by atoms with van der Waals surface area (Å²) in [4.78, 5) is 6.93. The smallest absolute Gasteiger partial charge is 0.191 e. The highest BCUT2D eigenvalue weighted by atomic mass is 127. The Hall–Kier alpha value is -1.68. The van der Waals surface area contributed by atoms with Crippen molar-refractivity contribution in [1.29, 1.82) is 0 Å². The number of nitrogens with zero attached hydrogens (tertiary/aromatic N) is 5. The summed E-state index contributed by atoms with van der Waals surface area (Å²) in [5, 5.41) is 14.9. The molecule has 2 aromatic rings. The number of aromatic nitrogens is 3. The van der Waals surface area contributed by atoms with Gasteiger partial charge in [-0.3, -0.25) is 9.89 Å². The monoisotopic (exact) mass is 525 g/mol. The van der Waals surface area contributed by atoms with Crippen molar-refractivity contribution >= 4 is 29.9 Å². The van der Waals surface area contributed by atoms with Crippen molar-refractivity contribution < 1.29 is 0 Å². The molecule has 166 valence electrons. The maximum atomic E-state index is 4.34. The number of rotatable bonds is 8. The van der Waals surface area contributed by atoms with E-state index < -0.39 is 0 Å². The first-order valence-electron chi connectivity index (χ1n) is 10.9. The molecule has 0 unspecified atom stereocenters. The molecule has 7 nitrogen and oxygen atoms in total. The van der Waals surface area contributed by atoms with Gasteiger partial charge in [-0.15, -0.1) is 34.2 Å². The summed E-state index contributed by atoms with van der Waals surface area (Å²) >= 11 is 0. The Bertz CT molecular complexity index is 766. The molecule has 1 fully saturated rings. The molecular formula is C22H36IN7. The van der Waals surface area contributed by atoms with Crippen LogP contribution in [-0.4, -0.2) is 52.3 Å². The predicted octanol–water partition coefficient (Wildman–Crippen LogP) is 3.20. The SMILES string of the molecule is CCc1nncn1CCNC(=NC)NCc1cccc(CN2CCCCCC2)c1.I. The van der Waals surface area contributed by atoms with E-state index in [0.717, 1.165) is 44.4 Å². The van der Waals surface area contributed by atoms with Gasteiger partial charge in [0.1, 0.15) is 12.2 Å². The van der Waals surface area contributed by atoms with Gasteiger partial charge in [-0.1, -0.05) is 44.0 Å². The number of likely N-dealkylation sites (tertiary alicyclic amines) is 1. The number of halogens is 1. The molecule has 30 heavy (non-hydrogen) atoms. The van der Waals surface area contributed by atoms with Crippen molar-refractivity contribution in [2.45, 2.75) is 58.7 Å². The van der Waals surface area contributed by atoms with Crippen LogP contribution >= 0.6 is 24.0 Å². The zero-order chi connectivity index (χ0) is 20.3. The van der Waals surface area contributed by atoms with E-state index >= 15 is 0 Å². The van der Waals surface area contributed by atoms with Crippen molar-refractivity contribution in [3.05, 3.63) is 47.5 Å². The first kappa shape index (κ1) is 24.6. The van der Waals surface area contributed by atoms with Crippen LogP contribution in [0.3, 0.4) is 0 Å². The molecule has 0 amide bonds. The van der Waals surface area contributed by atoms with Gasteiger partial charge in [0, 0.05) is 39.6 Å². The molecule has 1 saturated heterocycles. The second kappa shape index (κ2) is 13.6. The van der Waals surface area contributed by atoms with Crippen LogP contribution in [0.2, 0.25) is 0 Å². The third kappa shape index (κ3) is 7.86. The second-order valence-corrected chi connectivity index (χ2v) is 7.66. The highest BCUT2D eigenvalue weighted by Crippen LogP contribution is 2.14. The van der Waals surface area contributed by atoms with Crippen molar-refractivity contribution in [2.24, 2.45) is 4.99 Å². The fraction of sp³-hybridized carbons (Fsp3) is 0.591. The summed E-state index contributed by atoms with van der Waals surface area (Å²) in [5.74, 6) is 1.82. The summed E-state index contributed by atoms with van der Waals surface area (Å²) in [7, 11) is 1.81. The van der Waals surface area contributed by atoms with Gasteiger partial charge in [-0.2, -0.15) is 0 Å². The van der Waals surface area contributed by atoms with Gasteiger partial charge in [0.2, 0.25) is 0 Å². The third-order valence-electron chi connectivity index (χ3n) is 5.44. The molecule has 0 radical (unpaired) electrons. The molecule has 0 bridgehead atoms. The topological polar surface area (TPSA) is 70.4 Å². The number of aliphatic imine (C=N–C) groups is 1. The lowest BCUT2D eigenvalue weighted by Gasteiger charge is -2.20. The normalized spacial score (nSPS) is 15.3. The lowest BCUT2D eigenvalue weighted by molar-refractivity contribution is 0.277. The number of hydrogen-bond donors (Lipinski definition) is 2. The van der Waals surface area contributed by atoms with Gasteiger partial charge < -0.3 is 15.2 Å². The Morgan fingerprint density at radius 2 is 1.87 bits per heavy atom. The Labute approximate surface area is 197 Å². The van der Waals surface area contributed by atoms with E-state index in [1.54, 1.807) is 13.4 Å². The third-order valence-corrected chi connectivity index (χ3v) is 5.44. The summed E-state index contributed by atoms with van der Waals surface area (Å²) in [6.45, 7) is 7.97. The van der Waals surface area contributed by atoms with E-state index in [4.69, 9.17) is 0 Å². The van der Waals surface area contributed by atoms with E-state index in [1.807, 2.05) is 0 Å². The van der Waals surface area contributed by atoms with Gasteiger partial charge in [-0.25, -0.2) is 0 Å². The van der Waals surface area contributed by atoms with E-state index in [1.165, 1.54) is 49.9 Å². The van der Waals surface area contributed by atoms with Crippen LogP contribution in [-0.2, 0) is 26.1 Å². The highest BCUT2D eigenvalue weighted by molar-refractivity contribution is 14.0. The van der Waals surface area contributed by atoms with Crippen LogP contribution in [0.25, 0.3) is 0 Å². The van der Waals surface area contributed by atoms with Crippen molar-refractivity contribution in [3.8, 4) is 0 Å². The molecule has 1 aromatic heterocycles. The van der Waals surface area contributed by atoms with E-state index in [0.29, 0.717) is 0 Å². The highest BCUT2D eigenvalue weighted by Gasteiger charge is 2.10. The van der Waals surface area contributed by atoms with E-state index in [9.17, 15) is 0 Å². The van der Waals surface area contributed by atoms with Crippen molar-refractivity contribution in [3.63, 3.8) is 0 Å². The van der Waals surface area contributed by atoms with Crippen LogP contribution in [0.15, 0.2) is 35.6 Å². The van der Waals surface area contributed by atoms with Crippen molar-refractivity contribution in [2.75, 3.05) is 26.7 Å². The maximum absolute atomic E-state index is 4.34. The molecule has 1 aliphatic heterocycles. The molecule has 1 aliphatic rings. The number of guanidine groups is 1. The molecule has 8 heteroatoms. The Morgan fingerprint density at radius 1 is 1.10 bits per heavy atom. The molecule has 2 N–H and O–H groups in total. The largest absolute Gasteiger partial charge is 0.355 e. The van der Waals surface area contributed by atoms with E-state index in [2.05, 4.69) is 66.5 Å². The maximum Gasteiger partial charge on any atom is 0.191 e. The summed E-state index contributed by atoms with van der Waals surface area (Å²) < 4.78 is 2.08. The zero-order valence-electron chi connectivity index (χ0n) is 18.3. The Kier molecular flexibility index (Phi) is 11.1. The summed E-state index contributed by atoms with van der Waals surface area (Å²) in [5.41, 5.74) is 2.68. The quantitative estimate of drug-likeness (QED) is 0.315. The average molecular weight is 525 g/mol. The molecule has 2 heterocycles. The molecule has 0 spiro atoms. The molecule has 0 atom stereocenters. The zero-order valence-corrected chi connectivity index (χ0v) is 20.6. The Balaban J connectivity index is 0.00000320. The van der Waals surface area contributed by atoms with Crippen LogP contribution in [0.1, 0.15) is 49.6 Å². The average Bonchev–Trinajstić information content (AvgIpc) is 3.05. The molecule has 0 aliphatic carbocycles. The van der Waals surface area contributed by atoms with Crippen molar-refractivity contribution in [1.82, 2.24) is 30.3 Å². The number of hydrogen-bond acceptors (Lipinski definition) is 4. The van der Waals surface area contributed by atoms with Crippen LogP contribution in [0.5, 0.6) is 0 Å². The van der Waals surface area contributed by atoms with Crippen LogP contribution < -0.4 is 10.6 Å². The molecular weight excluding hydrogens is 489 g/mol. The summed E-state index contributed by atoms with van der Waals surface area (Å²) in [6.07, 6.45) is 8.09. The lowest BCUT2D eigenvalue weighted by atomic mass is 10.1. The van der Waals surface area contributed by atoms with Crippen LogP contribution in [0.4, 0.5) is 0 Å². The van der Waals surface area contributed by atoms with Gasteiger partial charge in [0.25, 0.3) is 0 Å². The number of aryl methyl sites for hydroxylation is 1. The standard InChI is InChI=1S/C22H35N7.HI/c1-3-21-27-26-18-29(21)14-11-24-22(23-2)25-16-19-9-8-10-20(15-19)17-28-12-6-4-5-7-13-28;/h8-10,15,18H,3-7,11-14,16-17H2,1-2H3,(H2,23,24,25);1H. The van der Waals surface area contributed by atoms with Gasteiger partial charge in [0.15, 0.2) is 5.96 Å². The molecule has 1 aromatic carbocycles. The van der Waals surface area contributed by atoms with Crippen LogP contribution in [0, 0.1) is 0 Å². The first-order chi connectivity index (χ1) is 14.3. The summed E-state index contributed by atoms with van der Waals surface area (Å²) in [6, 6.07) is 8.90. The van der Waals surface area contributed by atoms with Gasteiger partial charge >= 0.3 is 0 Å². The van der Waals surface area contributed by atoms with Gasteiger partial charge in [-0.05, 0) is 37.1 Å². The lowest BCUT2D eigenvalue weighted by Crippen LogP contribution is -2.38. The fourth-order valence-electron chi connectivity index (χ4n) is 3.83. The first-order valence-corrected chi connectivity index (χ1v) is 10.9. The minimum atomic E-state index is 0. The second-order valence-electron chi connectivity index (χ2n) is 7.66. The molecule has 3 rings (SSSR count). The number of benzene rings is 1.